The van der Waals surface area contributed by atoms with E-state index in [1.165, 1.54) is 4.90 Å². The Hall–Kier alpha value is -3.10. The smallest absolute Gasteiger partial charge is 0.326 e. The van der Waals surface area contributed by atoms with E-state index in [2.05, 4.69) is 16.0 Å². The Morgan fingerprint density at radius 2 is 1.79 bits per heavy atom. The number of anilines is 2. The normalized spacial score (nSPS) is 16.3. The number of carbonyl (C=O) groups excluding carboxylic acids is 3. The van der Waals surface area contributed by atoms with E-state index in [0.717, 1.165) is 0 Å². The van der Waals surface area contributed by atoms with Gasteiger partial charge in [0.1, 0.15) is 18.6 Å². The van der Waals surface area contributed by atoms with Gasteiger partial charge in [-0.15, -0.1) is 0 Å². The Labute approximate surface area is 169 Å². The minimum atomic E-state index is -1.12. The maximum absolute atomic E-state index is 12.9. The number of urea groups is 1. The van der Waals surface area contributed by atoms with Gasteiger partial charge >= 0.3 is 12.0 Å². The molecule has 4 amide bonds. The van der Waals surface area contributed by atoms with Gasteiger partial charge in [0.25, 0.3) is 0 Å². The average Bonchev–Trinajstić information content (AvgIpc) is 2.67. The molecule has 0 bridgehead atoms. The lowest BCUT2D eigenvalue weighted by atomic mass is 9.97. The molecule has 2 rings (SSSR count). The molecule has 29 heavy (non-hydrogen) atoms. The second kappa shape index (κ2) is 9.40. The van der Waals surface area contributed by atoms with Gasteiger partial charge in [0.05, 0.1) is 11.4 Å². The number of para-hydroxylation sites is 2. The molecule has 0 saturated heterocycles. The number of aliphatic carboxylic acids is 1. The molecule has 1 heterocycles. The third-order valence-corrected chi connectivity index (χ3v) is 5.02. The van der Waals surface area contributed by atoms with Gasteiger partial charge in [-0.05, 0) is 24.0 Å². The van der Waals surface area contributed by atoms with Crippen LogP contribution in [0.15, 0.2) is 24.3 Å². The summed E-state index contributed by atoms with van der Waals surface area (Å²) < 4.78 is 0. The summed E-state index contributed by atoms with van der Waals surface area (Å²) >= 11 is 0. The molecule has 1 aromatic carbocycles. The molecule has 1 aromatic rings. The van der Waals surface area contributed by atoms with Crippen molar-refractivity contribution in [3.05, 3.63) is 24.3 Å². The molecule has 158 valence electrons. The lowest BCUT2D eigenvalue weighted by Gasteiger charge is -2.32. The molecule has 0 saturated carbocycles. The molecule has 1 aliphatic heterocycles. The van der Waals surface area contributed by atoms with Crippen molar-refractivity contribution >= 4 is 35.2 Å². The fraction of sp³-hybridized carbons (Fsp3) is 0.500. The van der Waals surface area contributed by atoms with E-state index in [4.69, 9.17) is 0 Å². The van der Waals surface area contributed by atoms with Crippen molar-refractivity contribution in [2.75, 3.05) is 16.8 Å². The van der Waals surface area contributed by atoms with Crippen molar-refractivity contribution in [3.8, 4) is 0 Å². The summed E-state index contributed by atoms with van der Waals surface area (Å²) in [5.74, 6) is -2.59. The first kappa shape index (κ1) is 22.2. The van der Waals surface area contributed by atoms with Crippen LogP contribution < -0.4 is 20.9 Å². The average molecular weight is 404 g/mol. The van der Waals surface area contributed by atoms with Gasteiger partial charge in [-0.3, -0.25) is 14.5 Å². The first-order chi connectivity index (χ1) is 13.6. The highest BCUT2D eigenvalue weighted by atomic mass is 16.4. The maximum atomic E-state index is 12.9. The fourth-order valence-corrected chi connectivity index (χ4v) is 3.09. The number of hydrogen-bond donors (Lipinski definition) is 4. The number of carbonyl (C=O) groups is 4. The van der Waals surface area contributed by atoms with E-state index in [-0.39, 0.29) is 24.3 Å². The van der Waals surface area contributed by atoms with E-state index in [1.54, 1.807) is 45.0 Å². The molecule has 4 N–H and O–H groups in total. The molecule has 0 aromatic heterocycles. The van der Waals surface area contributed by atoms with Gasteiger partial charge in [0.2, 0.25) is 11.8 Å². The number of fused-ring (bicyclic) bond motifs is 1. The predicted molar refractivity (Wildman–Crippen MR) is 109 cm³/mol. The Balaban J connectivity index is 2.18. The van der Waals surface area contributed by atoms with Crippen LogP contribution in [-0.4, -0.2) is 47.5 Å². The first-order valence-corrected chi connectivity index (χ1v) is 9.65. The van der Waals surface area contributed by atoms with Crippen molar-refractivity contribution in [2.45, 2.75) is 46.2 Å². The number of carboxylic acid groups (broad SMARTS) is 1. The third-order valence-electron chi connectivity index (χ3n) is 5.02. The number of nitrogens with one attached hydrogen (secondary N) is 3. The Morgan fingerprint density at radius 3 is 2.38 bits per heavy atom. The Morgan fingerprint density at radius 1 is 1.14 bits per heavy atom. The molecule has 3 atom stereocenters. The molecule has 0 spiro atoms. The zero-order chi connectivity index (χ0) is 21.7. The number of nitrogens with zero attached hydrogens (tertiary/aromatic N) is 1. The third kappa shape index (κ3) is 5.24. The van der Waals surface area contributed by atoms with Crippen LogP contribution in [-0.2, 0) is 14.4 Å². The van der Waals surface area contributed by atoms with Crippen LogP contribution in [0.4, 0.5) is 16.2 Å². The van der Waals surface area contributed by atoms with Crippen molar-refractivity contribution < 1.29 is 24.3 Å². The molecule has 1 aliphatic rings. The molecule has 0 fully saturated rings. The number of rotatable bonds is 7. The van der Waals surface area contributed by atoms with Crippen LogP contribution in [0.25, 0.3) is 0 Å². The largest absolute Gasteiger partial charge is 0.480 e. The molecule has 0 aliphatic carbocycles. The Bertz CT molecular complexity index is 795. The highest BCUT2D eigenvalue weighted by molar-refractivity contribution is 6.10. The highest BCUT2D eigenvalue weighted by Gasteiger charge is 2.33. The van der Waals surface area contributed by atoms with Crippen LogP contribution in [0.2, 0.25) is 0 Å². The monoisotopic (exact) mass is 404 g/mol. The molecular weight excluding hydrogens is 376 g/mol. The molecule has 1 unspecified atom stereocenters. The van der Waals surface area contributed by atoms with Crippen LogP contribution in [0.5, 0.6) is 0 Å². The topological polar surface area (TPSA) is 128 Å². The van der Waals surface area contributed by atoms with Crippen molar-refractivity contribution in [2.24, 2.45) is 11.8 Å². The van der Waals surface area contributed by atoms with Gasteiger partial charge in [-0.1, -0.05) is 46.2 Å². The first-order valence-electron chi connectivity index (χ1n) is 9.65. The van der Waals surface area contributed by atoms with Gasteiger partial charge in [0.15, 0.2) is 0 Å². The minimum absolute atomic E-state index is 0.181. The molecule has 0 radical (unpaired) electrons. The molecule has 9 nitrogen and oxygen atoms in total. The molecule has 9 heteroatoms. The minimum Gasteiger partial charge on any atom is -0.480 e. The summed E-state index contributed by atoms with van der Waals surface area (Å²) in [5.41, 5.74) is 1.03. The highest BCUT2D eigenvalue weighted by Crippen LogP contribution is 2.28. The van der Waals surface area contributed by atoms with Gasteiger partial charge < -0.3 is 21.1 Å². The summed E-state index contributed by atoms with van der Waals surface area (Å²) in [6.07, 6.45) is 0.579. The predicted octanol–water partition coefficient (Wildman–Crippen LogP) is 1.79. The van der Waals surface area contributed by atoms with Crippen molar-refractivity contribution in [3.63, 3.8) is 0 Å². The van der Waals surface area contributed by atoms with E-state index in [9.17, 15) is 24.3 Å². The quantitative estimate of drug-likeness (QED) is 0.551. The number of benzene rings is 1. The maximum Gasteiger partial charge on any atom is 0.326 e. The van der Waals surface area contributed by atoms with Crippen LogP contribution >= 0.6 is 0 Å². The lowest BCUT2D eigenvalue weighted by Crippen LogP contribution is -2.58. The standard InChI is InChI=1S/C20H28N4O5/c1-5-12(4)17(19(27)28)22-18(26)16(11(2)3)23-20(29)24-10-15(25)21-13-8-6-7-9-14(13)24/h6-9,11-12,16-17H,5,10H2,1-4H3,(H,21,25)(H,22,26)(H,23,29)(H,27,28)/t12?,16-,17-/m0/s1. The summed E-state index contributed by atoms with van der Waals surface area (Å²) in [7, 11) is 0. The fourth-order valence-electron chi connectivity index (χ4n) is 3.09. The zero-order valence-corrected chi connectivity index (χ0v) is 17.1. The van der Waals surface area contributed by atoms with Gasteiger partial charge in [-0.2, -0.15) is 0 Å². The van der Waals surface area contributed by atoms with Gasteiger partial charge in [-0.25, -0.2) is 9.59 Å². The van der Waals surface area contributed by atoms with Crippen LogP contribution in [0.3, 0.4) is 0 Å². The second-order valence-electron chi connectivity index (χ2n) is 7.53. The summed E-state index contributed by atoms with van der Waals surface area (Å²) in [4.78, 5) is 50.4. The Kier molecular flexibility index (Phi) is 7.19. The second-order valence-corrected chi connectivity index (χ2v) is 7.53. The van der Waals surface area contributed by atoms with Crippen LogP contribution in [0.1, 0.15) is 34.1 Å². The van der Waals surface area contributed by atoms with E-state index >= 15 is 0 Å². The number of carboxylic acids is 1. The molecular formula is C20H28N4O5. The van der Waals surface area contributed by atoms with Crippen LogP contribution in [0, 0.1) is 11.8 Å². The summed E-state index contributed by atoms with van der Waals surface area (Å²) in [6, 6.07) is 4.26. The number of hydrogen-bond acceptors (Lipinski definition) is 4. The van der Waals surface area contributed by atoms with E-state index < -0.39 is 30.0 Å². The number of amides is 4. The van der Waals surface area contributed by atoms with Crippen molar-refractivity contribution in [1.82, 2.24) is 10.6 Å². The van der Waals surface area contributed by atoms with Gasteiger partial charge in [0, 0.05) is 0 Å². The summed E-state index contributed by atoms with van der Waals surface area (Å²) in [6.45, 7) is 6.90. The van der Waals surface area contributed by atoms with E-state index in [1.807, 2.05) is 6.92 Å². The summed E-state index contributed by atoms with van der Waals surface area (Å²) in [5, 5.41) is 17.3. The SMILES string of the molecule is CCC(C)[C@H](NC(=O)[C@@H](NC(=O)N1CC(=O)Nc2ccccc21)C(C)C)C(=O)O. The van der Waals surface area contributed by atoms with E-state index in [0.29, 0.717) is 17.8 Å². The van der Waals surface area contributed by atoms with Crippen molar-refractivity contribution in [1.29, 1.82) is 0 Å². The zero-order valence-electron chi connectivity index (χ0n) is 17.1. The lowest BCUT2D eigenvalue weighted by molar-refractivity contribution is -0.143.